The smallest absolute Gasteiger partial charge is 0.243 e. The Morgan fingerprint density at radius 1 is 1.32 bits per heavy atom. The lowest BCUT2D eigenvalue weighted by atomic mass is 10.1. The fourth-order valence-corrected chi connectivity index (χ4v) is 1.69. The molecular weight excluding hydrogens is 240 g/mol. The van der Waals surface area contributed by atoms with Gasteiger partial charge in [0.1, 0.15) is 5.75 Å². The molecule has 1 aliphatic rings. The molecular formula is C15H20N2O2. The van der Waals surface area contributed by atoms with Crippen molar-refractivity contribution >= 4 is 11.6 Å². The van der Waals surface area contributed by atoms with Crippen LogP contribution in [0, 0.1) is 5.92 Å². The highest BCUT2D eigenvalue weighted by Crippen LogP contribution is 2.28. The second kappa shape index (κ2) is 5.87. The van der Waals surface area contributed by atoms with Crippen LogP contribution in [-0.4, -0.2) is 17.7 Å². The molecule has 4 heteroatoms. The average Bonchev–Trinajstić information content (AvgIpc) is 3.20. The van der Waals surface area contributed by atoms with E-state index < -0.39 is 0 Å². The van der Waals surface area contributed by atoms with Crippen molar-refractivity contribution < 1.29 is 9.53 Å². The number of carbonyl (C=O) groups is 1. The van der Waals surface area contributed by atoms with Crippen LogP contribution in [0.5, 0.6) is 5.75 Å². The van der Waals surface area contributed by atoms with Crippen molar-refractivity contribution in [3.63, 3.8) is 0 Å². The number of hydrazone groups is 1. The molecule has 0 unspecified atom stereocenters. The summed E-state index contributed by atoms with van der Waals surface area (Å²) in [5.74, 6) is 1.05. The molecule has 1 fully saturated rings. The predicted octanol–water partition coefficient (Wildman–Crippen LogP) is 2.72. The van der Waals surface area contributed by atoms with Gasteiger partial charge < -0.3 is 4.74 Å². The lowest BCUT2D eigenvalue weighted by Gasteiger charge is -2.10. The first-order valence-electron chi connectivity index (χ1n) is 6.67. The van der Waals surface area contributed by atoms with Crippen LogP contribution in [0.15, 0.2) is 29.4 Å². The molecule has 1 amide bonds. The van der Waals surface area contributed by atoms with E-state index in [4.69, 9.17) is 4.74 Å². The zero-order valence-corrected chi connectivity index (χ0v) is 11.6. The fraction of sp³-hybridized carbons (Fsp3) is 0.467. The van der Waals surface area contributed by atoms with Crippen LogP contribution in [0.4, 0.5) is 0 Å². The van der Waals surface area contributed by atoms with E-state index in [1.165, 1.54) is 0 Å². The number of rotatable bonds is 5. The maximum absolute atomic E-state index is 11.5. The summed E-state index contributed by atoms with van der Waals surface area (Å²) in [6.45, 7) is 5.87. The minimum Gasteiger partial charge on any atom is -0.491 e. The largest absolute Gasteiger partial charge is 0.491 e. The molecule has 1 aliphatic carbocycles. The van der Waals surface area contributed by atoms with Gasteiger partial charge in [-0.25, -0.2) is 5.43 Å². The van der Waals surface area contributed by atoms with Crippen LogP contribution >= 0.6 is 0 Å². The maximum Gasteiger partial charge on any atom is 0.243 e. The Hall–Kier alpha value is -1.84. The molecule has 19 heavy (non-hydrogen) atoms. The Balaban J connectivity index is 1.96. The number of carbonyl (C=O) groups excluding carboxylic acids is 1. The van der Waals surface area contributed by atoms with Gasteiger partial charge in [-0.15, -0.1) is 0 Å². The lowest BCUT2D eigenvalue weighted by molar-refractivity contribution is -0.122. The van der Waals surface area contributed by atoms with Crippen molar-refractivity contribution in [3.05, 3.63) is 29.8 Å². The SMILES string of the molecule is C/C(=N\NC(=O)C1CC1)c1ccc(OC(C)C)cc1. The molecule has 1 saturated carbocycles. The first-order valence-corrected chi connectivity index (χ1v) is 6.67. The molecule has 0 saturated heterocycles. The van der Waals surface area contributed by atoms with Gasteiger partial charge >= 0.3 is 0 Å². The third-order valence-electron chi connectivity index (χ3n) is 2.93. The fourth-order valence-electron chi connectivity index (χ4n) is 1.69. The second-order valence-electron chi connectivity index (χ2n) is 5.14. The Labute approximate surface area is 113 Å². The number of ether oxygens (including phenoxy) is 1. The highest BCUT2D eigenvalue weighted by atomic mass is 16.5. The highest BCUT2D eigenvalue weighted by Gasteiger charge is 2.29. The minimum absolute atomic E-state index is 0.0270. The maximum atomic E-state index is 11.5. The first kappa shape index (κ1) is 13.6. The summed E-state index contributed by atoms with van der Waals surface area (Å²) in [6.07, 6.45) is 2.14. The Morgan fingerprint density at radius 2 is 1.95 bits per heavy atom. The Kier molecular flexibility index (Phi) is 4.20. The van der Waals surface area contributed by atoms with Crippen molar-refractivity contribution in [2.75, 3.05) is 0 Å². The Morgan fingerprint density at radius 3 is 2.47 bits per heavy atom. The van der Waals surface area contributed by atoms with Gasteiger partial charge in [-0.05, 0) is 63.4 Å². The van der Waals surface area contributed by atoms with E-state index in [1.807, 2.05) is 45.0 Å². The van der Waals surface area contributed by atoms with Crippen LogP contribution < -0.4 is 10.2 Å². The van der Waals surface area contributed by atoms with E-state index in [9.17, 15) is 4.79 Å². The topological polar surface area (TPSA) is 50.7 Å². The van der Waals surface area contributed by atoms with Crippen LogP contribution in [0.2, 0.25) is 0 Å². The molecule has 0 bridgehead atoms. The molecule has 1 aromatic carbocycles. The zero-order chi connectivity index (χ0) is 13.8. The summed E-state index contributed by atoms with van der Waals surface area (Å²) in [4.78, 5) is 11.5. The second-order valence-corrected chi connectivity index (χ2v) is 5.14. The molecule has 0 spiro atoms. The molecule has 1 aromatic rings. The van der Waals surface area contributed by atoms with E-state index in [2.05, 4.69) is 10.5 Å². The normalized spacial score (nSPS) is 15.5. The van der Waals surface area contributed by atoms with E-state index in [-0.39, 0.29) is 17.9 Å². The van der Waals surface area contributed by atoms with E-state index >= 15 is 0 Å². The molecule has 0 aliphatic heterocycles. The number of nitrogens with one attached hydrogen (secondary N) is 1. The molecule has 2 rings (SSSR count). The van der Waals surface area contributed by atoms with Gasteiger partial charge in [0.2, 0.25) is 5.91 Å². The summed E-state index contributed by atoms with van der Waals surface area (Å²) < 4.78 is 5.58. The van der Waals surface area contributed by atoms with Gasteiger partial charge in [0, 0.05) is 5.92 Å². The summed E-state index contributed by atoms with van der Waals surface area (Å²) in [5.41, 5.74) is 4.38. The monoisotopic (exact) mass is 260 g/mol. The van der Waals surface area contributed by atoms with E-state index in [0.717, 1.165) is 29.9 Å². The third-order valence-corrected chi connectivity index (χ3v) is 2.93. The van der Waals surface area contributed by atoms with E-state index in [1.54, 1.807) is 0 Å². The van der Waals surface area contributed by atoms with Crippen molar-refractivity contribution in [2.45, 2.75) is 39.7 Å². The minimum atomic E-state index is 0.0270. The number of amides is 1. The van der Waals surface area contributed by atoms with Crippen molar-refractivity contribution in [1.82, 2.24) is 5.43 Å². The number of hydrogen-bond acceptors (Lipinski definition) is 3. The number of benzene rings is 1. The van der Waals surface area contributed by atoms with Crippen LogP contribution in [0.25, 0.3) is 0 Å². The Bertz CT molecular complexity index is 473. The van der Waals surface area contributed by atoms with Gasteiger partial charge in [-0.3, -0.25) is 4.79 Å². The van der Waals surface area contributed by atoms with Crippen LogP contribution in [-0.2, 0) is 4.79 Å². The van der Waals surface area contributed by atoms with Gasteiger partial charge in [0.15, 0.2) is 0 Å². The molecule has 0 atom stereocenters. The van der Waals surface area contributed by atoms with Crippen LogP contribution in [0.3, 0.4) is 0 Å². The molecule has 102 valence electrons. The quantitative estimate of drug-likeness (QED) is 0.653. The molecule has 4 nitrogen and oxygen atoms in total. The predicted molar refractivity (Wildman–Crippen MR) is 75.3 cm³/mol. The molecule has 0 heterocycles. The average molecular weight is 260 g/mol. The zero-order valence-electron chi connectivity index (χ0n) is 11.6. The summed E-state index contributed by atoms with van der Waals surface area (Å²) in [5, 5.41) is 4.12. The van der Waals surface area contributed by atoms with Gasteiger partial charge in [-0.1, -0.05) is 0 Å². The molecule has 1 N–H and O–H groups in total. The summed E-state index contributed by atoms with van der Waals surface area (Å²) >= 11 is 0. The molecule has 0 radical (unpaired) electrons. The standard InChI is InChI=1S/C15H20N2O2/c1-10(2)19-14-8-6-12(7-9-14)11(3)16-17-15(18)13-4-5-13/h6-10,13H,4-5H2,1-3H3,(H,17,18)/b16-11+. The van der Waals surface area contributed by atoms with Crippen molar-refractivity contribution in [3.8, 4) is 5.75 Å². The number of hydrogen-bond donors (Lipinski definition) is 1. The van der Waals surface area contributed by atoms with E-state index in [0.29, 0.717) is 0 Å². The van der Waals surface area contributed by atoms with Crippen molar-refractivity contribution in [1.29, 1.82) is 0 Å². The van der Waals surface area contributed by atoms with Crippen LogP contribution in [0.1, 0.15) is 39.2 Å². The van der Waals surface area contributed by atoms with Gasteiger partial charge in [-0.2, -0.15) is 5.10 Å². The summed E-state index contributed by atoms with van der Waals surface area (Å²) in [7, 11) is 0. The van der Waals surface area contributed by atoms with Gasteiger partial charge in [0.05, 0.1) is 11.8 Å². The van der Waals surface area contributed by atoms with Gasteiger partial charge in [0.25, 0.3) is 0 Å². The number of nitrogens with zero attached hydrogens (tertiary/aromatic N) is 1. The molecule has 0 aromatic heterocycles. The third kappa shape index (κ3) is 4.09. The van der Waals surface area contributed by atoms with Crippen molar-refractivity contribution in [2.24, 2.45) is 11.0 Å². The summed E-state index contributed by atoms with van der Waals surface area (Å²) in [6, 6.07) is 7.72. The highest BCUT2D eigenvalue weighted by molar-refractivity contribution is 5.99. The first-order chi connectivity index (χ1) is 9.06. The lowest BCUT2D eigenvalue weighted by Crippen LogP contribution is -2.20.